The highest BCUT2D eigenvalue weighted by Crippen LogP contribution is 2.35. The third-order valence-electron chi connectivity index (χ3n) is 3.21. The second kappa shape index (κ2) is 6.31. The molecule has 1 aliphatic heterocycles. The molecule has 0 aliphatic carbocycles. The van der Waals surface area contributed by atoms with E-state index >= 15 is 0 Å². The van der Waals surface area contributed by atoms with E-state index in [4.69, 9.17) is 14.2 Å². The lowest BCUT2D eigenvalue weighted by atomic mass is 10.2. The first kappa shape index (κ1) is 16.0. The number of benzene rings is 2. The van der Waals surface area contributed by atoms with Gasteiger partial charge in [-0.3, -0.25) is 4.79 Å². The van der Waals surface area contributed by atoms with Crippen LogP contribution in [0.25, 0.3) is 0 Å². The van der Waals surface area contributed by atoms with Gasteiger partial charge in [0.1, 0.15) is 5.75 Å². The van der Waals surface area contributed by atoms with E-state index in [1.807, 2.05) is 0 Å². The fraction of sp³-hybridized carbons (Fsp3) is 0.188. The van der Waals surface area contributed by atoms with Crippen molar-refractivity contribution in [3.8, 4) is 17.2 Å². The molecule has 1 amide bonds. The van der Waals surface area contributed by atoms with E-state index in [1.54, 1.807) is 18.2 Å². The number of carbonyl (C=O) groups is 1. The van der Waals surface area contributed by atoms with E-state index < -0.39 is 17.6 Å². The summed E-state index contributed by atoms with van der Waals surface area (Å²) in [4.78, 5) is 11.8. The number of fused-ring (bicyclic) bond motifs is 1. The molecule has 2 aromatic carbocycles. The normalized spacial score (nSPS) is 12.8. The monoisotopic (exact) mass is 339 g/mol. The van der Waals surface area contributed by atoms with Crippen LogP contribution >= 0.6 is 0 Å². The van der Waals surface area contributed by atoms with Crippen LogP contribution in [0.1, 0.15) is 5.56 Å². The predicted octanol–water partition coefficient (Wildman–Crippen LogP) is 3.45. The molecule has 3 rings (SSSR count). The van der Waals surface area contributed by atoms with Gasteiger partial charge in [0.05, 0.1) is 5.56 Å². The topological polar surface area (TPSA) is 56.8 Å². The van der Waals surface area contributed by atoms with Crippen molar-refractivity contribution in [1.82, 2.24) is 0 Å². The maximum absolute atomic E-state index is 12.5. The van der Waals surface area contributed by atoms with E-state index in [0.29, 0.717) is 17.2 Å². The zero-order valence-corrected chi connectivity index (χ0v) is 12.2. The largest absolute Gasteiger partial charge is 0.484 e. The highest BCUT2D eigenvalue weighted by Gasteiger charge is 2.30. The summed E-state index contributed by atoms with van der Waals surface area (Å²) < 4.78 is 53.0. The fourth-order valence-corrected chi connectivity index (χ4v) is 2.06. The van der Waals surface area contributed by atoms with Crippen molar-refractivity contribution in [2.75, 3.05) is 18.7 Å². The minimum atomic E-state index is -4.41. The van der Waals surface area contributed by atoms with Crippen LogP contribution in [0.15, 0.2) is 42.5 Å². The minimum Gasteiger partial charge on any atom is -0.484 e. The third kappa shape index (κ3) is 3.70. The van der Waals surface area contributed by atoms with Gasteiger partial charge in [-0.15, -0.1) is 0 Å². The third-order valence-corrected chi connectivity index (χ3v) is 3.21. The minimum absolute atomic E-state index is 0.132. The summed E-state index contributed by atoms with van der Waals surface area (Å²) >= 11 is 0. The maximum Gasteiger partial charge on any atom is 0.416 e. The number of ether oxygens (including phenoxy) is 3. The first-order valence-electron chi connectivity index (χ1n) is 6.91. The van der Waals surface area contributed by atoms with Gasteiger partial charge in [0.15, 0.2) is 18.1 Å². The zero-order valence-electron chi connectivity index (χ0n) is 12.2. The Morgan fingerprint density at radius 1 is 1.08 bits per heavy atom. The molecule has 5 nitrogen and oxygen atoms in total. The Bertz CT molecular complexity index is 744. The molecule has 0 saturated heterocycles. The molecule has 0 unspecified atom stereocenters. The van der Waals surface area contributed by atoms with Crippen LogP contribution in [0.3, 0.4) is 0 Å². The van der Waals surface area contributed by atoms with Gasteiger partial charge in [-0.05, 0) is 36.4 Å². The molecule has 0 atom stereocenters. The zero-order chi connectivity index (χ0) is 17.2. The number of halogens is 3. The van der Waals surface area contributed by atoms with E-state index in [-0.39, 0.29) is 19.1 Å². The number of amides is 1. The number of rotatable bonds is 4. The van der Waals surface area contributed by atoms with Crippen molar-refractivity contribution < 1.29 is 32.2 Å². The van der Waals surface area contributed by atoms with Crippen LogP contribution in [-0.4, -0.2) is 19.3 Å². The van der Waals surface area contributed by atoms with Crippen LogP contribution in [0, 0.1) is 0 Å². The van der Waals surface area contributed by atoms with Crippen molar-refractivity contribution >= 4 is 11.6 Å². The second-order valence-corrected chi connectivity index (χ2v) is 4.93. The Kier molecular flexibility index (Phi) is 4.20. The van der Waals surface area contributed by atoms with E-state index in [9.17, 15) is 18.0 Å². The molecule has 24 heavy (non-hydrogen) atoms. The second-order valence-electron chi connectivity index (χ2n) is 4.93. The van der Waals surface area contributed by atoms with Gasteiger partial charge >= 0.3 is 6.18 Å². The molecule has 0 bridgehead atoms. The smallest absolute Gasteiger partial charge is 0.416 e. The van der Waals surface area contributed by atoms with Crippen molar-refractivity contribution in [2.45, 2.75) is 6.18 Å². The Hall–Kier alpha value is -2.90. The van der Waals surface area contributed by atoms with Gasteiger partial charge in [-0.25, -0.2) is 0 Å². The van der Waals surface area contributed by atoms with Gasteiger partial charge < -0.3 is 19.5 Å². The molecule has 1 heterocycles. The van der Waals surface area contributed by atoms with Gasteiger partial charge in [-0.2, -0.15) is 13.2 Å². The van der Waals surface area contributed by atoms with Crippen molar-refractivity contribution in [3.63, 3.8) is 0 Å². The molecule has 8 heteroatoms. The number of hydrogen-bond acceptors (Lipinski definition) is 4. The van der Waals surface area contributed by atoms with E-state index in [0.717, 1.165) is 12.1 Å². The van der Waals surface area contributed by atoms with E-state index in [1.165, 1.54) is 12.1 Å². The molecule has 126 valence electrons. The number of nitrogens with one attached hydrogen (secondary N) is 1. The molecular weight excluding hydrogens is 327 g/mol. The standard InChI is InChI=1S/C16H12F3NO4/c17-16(18,19)10-1-3-11(4-2-10)20-15(21)8-22-12-5-6-13-14(7-12)24-9-23-13/h1-7H,8-9H2,(H,20,21). The lowest BCUT2D eigenvalue weighted by Crippen LogP contribution is -2.20. The van der Waals surface area contributed by atoms with Gasteiger partial charge in [0.25, 0.3) is 5.91 Å². The van der Waals surface area contributed by atoms with Crippen LogP contribution in [0.4, 0.5) is 18.9 Å². The van der Waals surface area contributed by atoms with Crippen LogP contribution in [0.5, 0.6) is 17.2 Å². The molecule has 0 spiro atoms. The Balaban J connectivity index is 1.54. The first-order chi connectivity index (χ1) is 11.4. The lowest BCUT2D eigenvalue weighted by Gasteiger charge is -2.10. The summed E-state index contributed by atoms with van der Waals surface area (Å²) in [5.41, 5.74) is -0.528. The molecule has 2 aromatic rings. The SMILES string of the molecule is O=C(COc1ccc2c(c1)OCO2)Nc1ccc(C(F)(F)F)cc1. The number of carbonyl (C=O) groups excluding carboxylic acids is 1. The average Bonchev–Trinajstić information content (AvgIpc) is 3.00. The summed E-state index contributed by atoms with van der Waals surface area (Å²) in [5, 5.41) is 2.46. The Labute approximate surface area is 134 Å². The van der Waals surface area contributed by atoms with Crippen LogP contribution < -0.4 is 19.5 Å². The number of alkyl halides is 3. The summed E-state index contributed by atoms with van der Waals surface area (Å²) in [6.07, 6.45) is -4.41. The fourth-order valence-electron chi connectivity index (χ4n) is 2.06. The van der Waals surface area contributed by atoms with E-state index in [2.05, 4.69) is 5.32 Å². The van der Waals surface area contributed by atoms with Crippen molar-refractivity contribution in [1.29, 1.82) is 0 Å². The van der Waals surface area contributed by atoms with Gasteiger partial charge in [0.2, 0.25) is 6.79 Å². The molecule has 0 fully saturated rings. The van der Waals surface area contributed by atoms with Crippen molar-refractivity contribution in [3.05, 3.63) is 48.0 Å². The average molecular weight is 339 g/mol. The quantitative estimate of drug-likeness (QED) is 0.927. The molecule has 0 saturated carbocycles. The first-order valence-corrected chi connectivity index (χ1v) is 6.91. The van der Waals surface area contributed by atoms with Gasteiger partial charge in [-0.1, -0.05) is 0 Å². The Morgan fingerprint density at radius 3 is 2.50 bits per heavy atom. The highest BCUT2D eigenvalue weighted by molar-refractivity contribution is 5.91. The molecule has 1 N–H and O–H groups in total. The molecular formula is C16H12F3NO4. The Morgan fingerprint density at radius 2 is 1.79 bits per heavy atom. The molecule has 0 radical (unpaired) electrons. The lowest BCUT2D eigenvalue weighted by molar-refractivity contribution is -0.137. The van der Waals surface area contributed by atoms with Gasteiger partial charge in [0, 0.05) is 11.8 Å². The highest BCUT2D eigenvalue weighted by atomic mass is 19.4. The summed E-state index contributed by atoms with van der Waals surface area (Å²) in [7, 11) is 0. The summed E-state index contributed by atoms with van der Waals surface area (Å²) in [6.45, 7) is -0.159. The maximum atomic E-state index is 12.5. The number of anilines is 1. The van der Waals surface area contributed by atoms with Crippen molar-refractivity contribution in [2.24, 2.45) is 0 Å². The number of hydrogen-bond donors (Lipinski definition) is 1. The molecule has 1 aliphatic rings. The summed E-state index contributed by atoms with van der Waals surface area (Å²) in [6, 6.07) is 9.03. The predicted molar refractivity (Wildman–Crippen MR) is 78.1 cm³/mol. The summed E-state index contributed by atoms with van der Waals surface area (Å²) in [5.74, 6) is 1.04. The van der Waals surface area contributed by atoms with Crippen LogP contribution in [-0.2, 0) is 11.0 Å². The molecule has 0 aromatic heterocycles. The van der Waals surface area contributed by atoms with Crippen LogP contribution in [0.2, 0.25) is 0 Å².